The predicted molar refractivity (Wildman–Crippen MR) is 136 cm³/mol. The fourth-order valence-electron chi connectivity index (χ4n) is 3.84. The molecule has 9 heteroatoms. The largest absolute Gasteiger partial charge is 0.496 e. The van der Waals surface area contributed by atoms with Gasteiger partial charge in [-0.25, -0.2) is 0 Å². The van der Waals surface area contributed by atoms with Crippen LogP contribution in [0.2, 0.25) is 10.0 Å². The van der Waals surface area contributed by atoms with Crippen LogP contribution in [-0.4, -0.2) is 36.6 Å². The molecule has 4 rings (SSSR count). The van der Waals surface area contributed by atoms with E-state index in [1.807, 2.05) is 0 Å². The van der Waals surface area contributed by atoms with E-state index in [1.165, 1.54) is 19.4 Å². The normalized spacial score (nSPS) is 14.9. The van der Waals surface area contributed by atoms with Gasteiger partial charge in [0, 0.05) is 34.7 Å². The maximum absolute atomic E-state index is 12.1. The number of nitrogens with zero attached hydrogens (tertiary/aromatic N) is 2. The molecule has 35 heavy (non-hydrogen) atoms. The third kappa shape index (κ3) is 4.56. The van der Waals surface area contributed by atoms with Crippen LogP contribution in [0, 0.1) is 0 Å². The third-order valence-corrected chi connectivity index (χ3v) is 6.34. The Balaban J connectivity index is 1.83. The smallest absolute Gasteiger partial charge is 0.244 e. The van der Waals surface area contributed by atoms with E-state index in [2.05, 4.69) is 4.98 Å². The third-order valence-electron chi connectivity index (χ3n) is 5.56. The molecular formula is C26H19Cl2N3O4. The number of allylic oxidation sites excluding steroid dienone is 2. The van der Waals surface area contributed by atoms with Crippen LogP contribution in [0.15, 0.2) is 72.6 Å². The van der Waals surface area contributed by atoms with Gasteiger partial charge >= 0.3 is 0 Å². The lowest BCUT2D eigenvalue weighted by molar-refractivity contribution is -0.118. The summed E-state index contributed by atoms with van der Waals surface area (Å²) in [5.74, 6) is -0.199. The zero-order valence-corrected chi connectivity index (χ0v) is 20.0. The number of carbonyl (C=O) groups is 3. The van der Waals surface area contributed by atoms with E-state index in [-0.39, 0.29) is 0 Å². The molecule has 1 aromatic heterocycles. The van der Waals surface area contributed by atoms with Crippen molar-refractivity contribution in [2.75, 3.05) is 12.0 Å². The lowest BCUT2D eigenvalue weighted by Crippen LogP contribution is -2.42. The summed E-state index contributed by atoms with van der Waals surface area (Å²) in [6, 6.07) is 11.2. The summed E-state index contributed by atoms with van der Waals surface area (Å²) in [4.78, 5) is 40.6. The van der Waals surface area contributed by atoms with Gasteiger partial charge < -0.3 is 15.4 Å². The van der Waals surface area contributed by atoms with Crippen molar-refractivity contribution >= 4 is 47.4 Å². The van der Waals surface area contributed by atoms with Crippen LogP contribution in [-0.2, 0) is 9.59 Å². The van der Waals surface area contributed by atoms with Crippen molar-refractivity contribution in [1.82, 2.24) is 4.98 Å². The average Bonchev–Trinajstić information content (AvgIpc) is 2.88. The topological polar surface area (TPSA) is 103 Å². The Bertz CT molecular complexity index is 1400. The number of nitrogens with two attached hydrogens (primary N) is 1. The molecule has 0 saturated heterocycles. The maximum Gasteiger partial charge on any atom is 0.244 e. The number of rotatable bonds is 7. The Morgan fingerprint density at radius 3 is 2.54 bits per heavy atom. The molecule has 2 heterocycles. The van der Waals surface area contributed by atoms with Crippen LogP contribution in [0.5, 0.6) is 5.75 Å². The second-order valence-electron chi connectivity index (χ2n) is 7.59. The SMILES string of the molecule is COc1cc(-c2nccc(-c3cccc(N4C=C(C=O)C=CC4C(N)=O)c3Cl)c2Cl)ccc1C=O. The van der Waals surface area contributed by atoms with E-state index in [0.29, 0.717) is 67.6 Å². The fourth-order valence-corrected chi connectivity index (χ4v) is 4.48. The number of amides is 1. The second-order valence-corrected chi connectivity index (χ2v) is 8.35. The molecule has 0 bridgehead atoms. The first-order valence-corrected chi connectivity index (χ1v) is 11.1. The number of aldehydes is 2. The van der Waals surface area contributed by atoms with E-state index < -0.39 is 11.9 Å². The molecular weight excluding hydrogens is 489 g/mol. The van der Waals surface area contributed by atoms with Gasteiger partial charge in [-0.1, -0.05) is 53.6 Å². The minimum Gasteiger partial charge on any atom is -0.496 e. The predicted octanol–water partition coefficient (Wildman–Crippen LogP) is 4.86. The van der Waals surface area contributed by atoms with Gasteiger partial charge in [0.25, 0.3) is 0 Å². The highest BCUT2D eigenvalue weighted by Crippen LogP contribution is 2.42. The van der Waals surface area contributed by atoms with E-state index in [9.17, 15) is 14.4 Å². The Kier molecular flexibility index (Phi) is 7.00. The Morgan fingerprint density at radius 2 is 1.86 bits per heavy atom. The van der Waals surface area contributed by atoms with Crippen LogP contribution in [0.3, 0.4) is 0 Å². The first-order chi connectivity index (χ1) is 16.9. The quantitative estimate of drug-likeness (QED) is 0.458. The average molecular weight is 508 g/mol. The fraction of sp³-hybridized carbons (Fsp3) is 0.0769. The van der Waals surface area contributed by atoms with E-state index in [0.717, 1.165) is 0 Å². The van der Waals surface area contributed by atoms with Crippen molar-refractivity contribution in [3.63, 3.8) is 0 Å². The number of hydrogen-bond donors (Lipinski definition) is 1. The van der Waals surface area contributed by atoms with Crippen molar-refractivity contribution in [3.05, 3.63) is 88.2 Å². The summed E-state index contributed by atoms with van der Waals surface area (Å²) in [6.45, 7) is 0. The monoisotopic (exact) mass is 507 g/mol. The number of primary amides is 1. The molecule has 2 N–H and O–H groups in total. The van der Waals surface area contributed by atoms with Gasteiger partial charge in [0.15, 0.2) is 12.6 Å². The van der Waals surface area contributed by atoms with Crippen LogP contribution in [0.1, 0.15) is 10.4 Å². The highest BCUT2D eigenvalue weighted by molar-refractivity contribution is 6.39. The summed E-state index contributed by atoms with van der Waals surface area (Å²) in [5, 5.41) is 0.644. The molecule has 1 unspecified atom stereocenters. The number of methoxy groups -OCH3 is 1. The highest BCUT2D eigenvalue weighted by atomic mass is 35.5. The van der Waals surface area contributed by atoms with Crippen molar-refractivity contribution in [1.29, 1.82) is 0 Å². The molecule has 7 nitrogen and oxygen atoms in total. The lowest BCUT2D eigenvalue weighted by atomic mass is 10.0. The number of aromatic nitrogens is 1. The van der Waals surface area contributed by atoms with E-state index in [1.54, 1.807) is 59.6 Å². The molecule has 1 aliphatic heterocycles. The number of anilines is 1. The van der Waals surface area contributed by atoms with Gasteiger partial charge in [-0.2, -0.15) is 0 Å². The van der Waals surface area contributed by atoms with Gasteiger partial charge in [-0.05, 0) is 24.3 Å². The zero-order valence-electron chi connectivity index (χ0n) is 18.4. The Labute approximate surface area is 211 Å². The van der Waals surface area contributed by atoms with Gasteiger partial charge in [-0.15, -0.1) is 0 Å². The number of ether oxygens (including phenoxy) is 1. The molecule has 1 aliphatic rings. The van der Waals surface area contributed by atoms with Crippen LogP contribution in [0.25, 0.3) is 22.4 Å². The molecule has 3 aromatic rings. The standard InChI is InChI=1S/C26H19Cl2N3O4/c1-35-22-11-16(6-7-17(22)14-33)25-24(28)19(9-10-30-25)18-3-2-4-20(23(18)27)31-12-15(13-32)5-8-21(31)26(29)34/h2-14,21H,1H3,(H2,29,34). The summed E-state index contributed by atoms with van der Waals surface area (Å²) in [5.41, 5.74) is 9.14. The van der Waals surface area contributed by atoms with Crippen molar-refractivity contribution in [3.8, 4) is 28.1 Å². The maximum atomic E-state index is 12.1. The van der Waals surface area contributed by atoms with Crippen LogP contribution in [0.4, 0.5) is 5.69 Å². The summed E-state index contributed by atoms with van der Waals surface area (Å²) in [7, 11) is 1.47. The summed E-state index contributed by atoms with van der Waals surface area (Å²) >= 11 is 13.6. The van der Waals surface area contributed by atoms with E-state index >= 15 is 0 Å². The molecule has 0 saturated carbocycles. The molecule has 176 valence electrons. The minimum absolute atomic E-state index is 0.309. The first-order valence-electron chi connectivity index (χ1n) is 10.4. The highest BCUT2D eigenvalue weighted by Gasteiger charge is 2.26. The molecule has 1 amide bonds. The van der Waals surface area contributed by atoms with Gasteiger partial charge in [0.2, 0.25) is 5.91 Å². The summed E-state index contributed by atoms with van der Waals surface area (Å²) < 4.78 is 5.30. The lowest BCUT2D eigenvalue weighted by Gasteiger charge is -2.30. The molecule has 0 fully saturated rings. The van der Waals surface area contributed by atoms with E-state index in [4.69, 9.17) is 33.7 Å². The van der Waals surface area contributed by atoms with Crippen LogP contribution < -0.4 is 15.4 Å². The number of benzene rings is 2. The van der Waals surface area contributed by atoms with Gasteiger partial charge in [0.1, 0.15) is 11.8 Å². The van der Waals surface area contributed by atoms with Crippen LogP contribution >= 0.6 is 23.2 Å². The molecule has 0 spiro atoms. The zero-order chi connectivity index (χ0) is 25.1. The Hall–Kier alpha value is -3.94. The molecule has 2 aromatic carbocycles. The van der Waals surface area contributed by atoms with Gasteiger partial charge in [0.05, 0.1) is 34.1 Å². The minimum atomic E-state index is -0.821. The number of hydrogen-bond acceptors (Lipinski definition) is 6. The molecule has 0 aliphatic carbocycles. The summed E-state index contributed by atoms with van der Waals surface area (Å²) in [6.07, 6.45) is 7.58. The number of halogens is 2. The first kappa shape index (κ1) is 24.2. The Morgan fingerprint density at radius 1 is 1.09 bits per heavy atom. The number of carbonyl (C=O) groups excluding carboxylic acids is 3. The molecule has 1 atom stereocenters. The van der Waals surface area contributed by atoms with Crippen molar-refractivity contribution in [2.45, 2.75) is 6.04 Å². The van der Waals surface area contributed by atoms with Crippen molar-refractivity contribution in [2.24, 2.45) is 5.73 Å². The number of pyridine rings is 1. The van der Waals surface area contributed by atoms with Gasteiger partial charge in [-0.3, -0.25) is 19.4 Å². The molecule has 0 radical (unpaired) electrons. The second kappa shape index (κ2) is 10.1. The van der Waals surface area contributed by atoms with Crippen molar-refractivity contribution < 1.29 is 19.1 Å².